The summed E-state index contributed by atoms with van der Waals surface area (Å²) >= 11 is 0. The number of aryl methyl sites for hydroxylation is 1. The number of aromatic nitrogens is 2. The Hall–Kier alpha value is -1.69. The van der Waals surface area contributed by atoms with Gasteiger partial charge >= 0.3 is 6.09 Å². The van der Waals surface area contributed by atoms with Gasteiger partial charge < -0.3 is 15.8 Å². The summed E-state index contributed by atoms with van der Waals surface area (Å²) in [6, 6.07) is -0.397. The second-order valence-electron chi connectivity index (χ2n) is 5.02. The summed E-state index contributed by atoms with van der Waals surface area (Å²) in [4.78, 5) is 19.7. The molecular formula is C12H20N4O2. The number of amides is 1. The number of rotatable bonds is 3. The number of nitrogens with zero attached hydrogens (tertiary/aromatic N) is 2. The van der Waals surface area contributed by atoms with E-state index in [1.807, 2.05) is 6.92 Å². The van der Waals surface area contributed by atoms with Crippen LogP contribution in [0.3, 0.4) is 0 Å². The molecule has 6 heteroatoms. The summed E-state index contributed by atoms with van der Waals surface area (Å²) in [6.07, 6.45) is 2.70. The van der Waals surface area contributed by atoms with Gasteiger partial charge in [0, 0.05) is 18.9 Å². The van der Waals surface area contributed by atoms with Crippen molar-refractivity contribution < 1.29 is 9.53 Å². The number of ether oxygens (including phenoxy) is 1. The highest BCUT2D eigenvalue weighted by Crippen LogP contribution is 2.10. The zero-order valence-electron chi connectivity index (χ0n) is 11.2. The molecule has 0 aromatic carbocycles. The molecule has 3 N–H and O–H groups in total. The molecule has 1 aromatic rings. The number of nitrogens with one attached hydrogen (secondary N) is 1. The molecule has 6 nitrogen and oxygen atoms in total. The molecule has 0 bridgehead atoms. The Bertz CT molecular complexity index is 415. The highest BCUT2D eigenvalue weighted by molar-refractivity contribution is 5.67. The Labute approximate surface area is 107 Å². The third kappa shape index (κ3) is 4.67. The number of nitrogens with two attached hydrogens (primary N) is 1. The largest absolute Gasteiger partial charge is 0.444 e. The predicted molar refractivity (Wildman–Crippen MR) is 67.9 cm³/mol. The molecule has 0 aliphatic heterocycles. The van der Waals surface area contributed by atoms with Crippen molar-refractivity contribution in [3.63, 3.8) is 0 Å². The molecule has 0 radical (unpaired) electrons. The highest BCUT2D eigenvalue weighted by atomic mass is 16.6. The van der Waals surface area contributed by atoms with Crippen LogP contribution in [-0.4, -0.2) is 28.2 Å². The van der Waals surface area contributed by atoms with E-state index in [2.05, 4.69) is 15.3 Å². The average molecular weight is 252 g/mol. The molecule has 0 aliphatic carbocycles. The molecule has 0 saturated heterocycles. The first kappa shape index (κ1) is 14.4. The van der Waals surface area contributed by atoms with E-state index in [4.69, 9.17) is 10.5 Å². The SMILES string of the molecule is Cc1nccnc1C(N)CNC(=O)OC(C)(C)C. The maximum absolute atomic E-state index is 11.5. The Kier molecular flexibility index (Phi) is 4.61. The molecule has 0 aliphatic rings. The van der Waals surface area contributed by atoms with Crippen LogP contribution in [0.5, 0.6) is 0 Å². The molecule has 1 atom stereocenters. The van der Waals surface area contributed by atoms with E-state index in [0.29, 0.717) is 5.69 Å². The van der Waals surface area contributed by atoms with Crippen LogP contribution in [0.4, 0.5) is 4.79 Å². The Morgan fingerprint density at radius 2 is 2.06 bits per heavy atom. The van der Waals surface area contributed by atoms with E-state index in [1.165, 1.54) is 0 Å². The van der Waals surface area contributed by atoms with Gasteiger partial charge in [0.15, 0.2) is 0 Å². The topological polar surface area (TPSA) is 90.1 Å². The normalized spacial score (nSPS) is 12.9. The van der Waals surface area contributed by atoms with E-state index in [1.54, 1.807) is 33.2 Å². The van der Waals surface area contributed by atoms with Crippen LogP contribution in [0, 0.1) is 6.92 Å². The van der Waals surface area contributed by atoms with Gasteiger partial charge in [0.1, 0.15) is 5.60 Å². The lowest BCUT2D eigenvalue weighted by molar-refractivity contribution is 0.0524. The molecule has 1 unspecified atom stereocenters. The van der Waals surface area contributed by atoms with E-state index in [9.17, 15) is 4.79 Å². The van der Waals surface area contributed by atoms with Gasteiger partial charge in [0.05, 0.1) is 17.4 Å². The lowest BCUT2D eigenvalue weighted by atomic mass is 10.2. The Morgan fingerprint density at radius 3 is 2.61 bits per heavy atom. The molecule has 1 amide bonds. The second-order valence-corrected chi connectivity index (χ2v) is 5.02. The van der Waals surface area contributed by atoms with Crippen molar-refractivity contribution in [3.8, 4) is 0 Å². The van der Waals surface area contributed by atoms with Gasteiger partial charge in [-0.05, 0) is 27.7 Å². The fraction of sp³-hybridized carbons (Fsp3) is 0.583. The number of carbonyl (C=O) groups excluding carboxylic acids is 1. The lowest BCUT2D eigenvalue weighted by Gasteiger charge is -2.20. The van der Waals surface area contributed by atoms with Crippen LogP contribution < -0.4 is 11.1 Å². The minimum Gasteiger partial charge on any atom is -0.444 e. The van der Waals surface area contributed by atoms with Crippen molar-refractivity contribution in [1.29, 1.82) is 0 Å². The second kappa shape index (κ2) is 5.77. The van der Waals surface area contributed by atoms with Gasteiger partial charge in [-0.2, -0.15) is 0 Å². The minimum absolute atomic E-state index is 0.258. The van der Waals surface area contributed by atoms with Crippen LogP contribution >= 0.6 is 0 Å². The lowest BCUT2D eigenvalue weighted by Crippen LogP contribution is -2.37. The van der Waals surface area contributed by atoms with Crippen LogP contribution in [0.25, 0.3) is 0 Å². The first-order valence-electron chi connectivity index (χ1n) is 5.79. The van der Waals surface area contributed by atoms with E-state index < -0.39 is 17.7 Å². The maximum atomic E-state index is 11.5. The molecule has 18 heavy (non-hydrogen) atoms. The minimum atomic E-state index is -0.517. The molecule has 0 fully saturated rings. The highest BCUT2D eigenvalue weighted by Gasteiger charge is 2.17. The van der Waals surface area contributed by atoms with Crippen molar-refractivity contribution in [2.75, 3.05) is 6.54 Å². The van der Waals surface area contributed by atoms with E-state index in [0.717, 1.165) is 5.69 Å². The first-order chi connectivity index (χ1) is 8.29. The zero-order valence-corrected chi connectivity index (χ0v) is 11.2. The fourth-order valence-electron chi connectivity index (χ4n) is 1.39. The van der Waals surface area contributed by atoms with Crippen LogP contribution in [0.1, 0.15) is 38.2 Å². The molecule has 0 spiro atoms. The molecule has 0 saturated carbocycles. The van der Waals surface area contributed by atoms with Crippen molar-refractivity contribution in [3.05, 3.63) is 23.8 Å². The monoisotopic (exact) mass is 252 g/mol. The van der Waals surface area contributed by atoms with Gasteiger partial charge in [-0.25, -0.2) is 4.79 Å². The van der Waals surface area contributed by atoms with Gasteiger partial charge in [-0.15, -0.1) is 0 Å². The summed E-state index contributed by atoms with van der Waals surface area (Å²) in [6.45, 7) is 7.50. The molecule has 1 rings (SSSR count). The van der Waals surface area contributed by atoms with Crippen LogP contribution in [-0.2, 0) is 4.74 Å². The smallest absolute Gasteiger partial charge is 0.407 e. The van der Waals surface area contributed by atoms with E-state index in [-0.39, 0.29) is 6.54 Å². The Balaban J connectivity index is 2.49. The number of alkyl carbamates (subject to hydrolysis) is 1. The van der Waals surface area contributed by atoms with Gasteiger partial charge in [-0.3, -0.25) is 9.97 Å². The number of hydrogen-bond acceptors (Lipinski definition) is 5. The molecular weight excluding hydrogens is 232 g/mol. The summed E-state index contributed by atoms with van der Waals surface area (Å²) in [5.41, 5.74) is 6.85. The number of hydrogen-bond donors (Lipinski definition) is 2. The van der Waals surface area contributed by atoms with Crippen molar-refractivity contribution in [1.82, 2.24) is 15.3 Å². The van der Waals surface area contributed by atoms with Gasteiger partial charge in [0.25, 0.3) is 0 Å². The Morgan fingerprint density at radius 1 is 1.44 bits per heavy atom. The summed E-state index contributed by atoms with van der Waals surface area (Å²) < 4.78 is 5.11. The molecule has 1 aromatic heterocycles. The van der Waals surface area contributed by atoms with Crippen molar-refractivity contribution in [2.24, 2.45) is 5.73 Å². The predicted octanol–water partition coefficient (Wildman–Crippen LogP) is 1.31. The van der Waals surface area contributed by atoms with Gasteiger partial charge in [0.2, 0.25) is 0 Å². The summed E-state index contributed by atoms with van der Waals surface area (Å²) in [7, 11) is 0. The zero-order chi connectivity index (χ0) is 13.8. The third-order valence-corrected chi connectivity index (χ3v) is 2.14. The van der Waals surface area contributed by atoms with E-state index >= 15 is 0 Å². The molecule has 100 valence electrons. The number of carbonyl (C=O) groups is 1. The van der Waals surface area contributed by atoms with Crippen molar-refractivity contribution in [2.45, 2.75) is 39.3 Å². The molecule has 1 heterocycles. The van der Waals surface area contributed by atoms with Crippen molar-refractivity contribution >= 4 is 6.09 Å². The third-order valence-electron chi connectivity index (χ3n) is 2.14. The summed E-state index contributed by atoms with van der Waals surface area (Å²) in [5.74, 6) is 0. The fourth-order valence-corrected chi connectivity index (χ4v) is 1.39. The standard InChI is InChI=1S/C12H20N4O2/c1-8-10(15-6-5-14-8)9(13)7-16-11(17)18-12(2,3)4/h5-6,9H,7,13H2,1-4H3,(H,16,17). The quantitative estimate of drug-likeness (QED) is 0.846. The van der Waals surface area contributed by atoms with Crippen LogP contribution in [0.15, 0.2) is 12.4 Å². The van der Waals surface area contributed by atoms with Gasteiger partial charge in [-0.1, -0.05) is 0 Å². The van der Waals surface area contributed by atoms with Crippen LogP contribution in [0.2, 0.25) is 0 Å². The first-order valence-corrected chi connectivity index (χ1v) is 5.79. The maximum Gasteiger partial charge on any atom is 0.407 e. The average Bonchev–Trinajstić information content (AvgIpc) is 2.24. The summed E-state index contributed by atoms with van der Waals surface area (Å²) in [5, 5.41) is 2.61.